The van der Waals surface area contributed by atoms with Gasteiger partial charge in [-0.3, -0.25) is 9.59 Å². The van der Waals surface area contributed by atoms with E-state index < -0.39 is 39.7 Å². The summed E-state index contributed by atoms with van der Waals surface area (Å²) in [5, 5.41) is 17.0. The number of aromatic nitrogens is 1. The summed E-state index contributed by atoms with van der Waals surface area (Å²) in [4.78, 5) is 26.2. The second-order valence-electron chi connectivity index (χ2n) is 9.49. The number of nitrogens with zero attached hydrogens (tertiary/aromatic N) is 2. The van der Waals surface area contributed by atoms with Crippen LogP contribution in [-0.2, 0) is 31.9 Å². The third-order valence-corrected chi connectivity index (χ3v) is 7.87. The number of halogens is 1. The van der Waals surface area contributed by atoms with Crippen molar-refractivity contribution < 1.29 is 27.1 Å². The van der Waals surface area contributed by atoms with Crippen LogP contribution in [0.4, 0.5) is 4.39 Å². The minimum Gasteiger partial charge on any atom is -0.619 e. The van der Waals surface area contributed by atoms with Crippen molar-refractivity contribution in [2.75, 3.05) is 6.54 Å². The number of benzene rings is 1. The van der Waals surface area contributed by atoms with Gasteiger partial charge in [0.1, 0.15) is 17.9 Å². The molecule has 1 aromatic heterocycles. The van der Waals surface area contributed by atoms with Gasteiger partial charge in [-0.05, 0) is 48.9 Å². The van der Waals surface area contributed by atoms with Crippen LogP contribution >= 0.6 is 0 Å². The summed E-state index contributed by atoms with van der Waals surface area (Å²) in [6, 6.07) is 6.72. The Hall–Kier alpha value is -3.05. The largest absolute Gasteiger partial charge is 0.619 e. The quantitative estimate of drug-likeness (QED) is 0.367. The summed E-state index contributed by atoms with van der Waals surface area (Å²) in [5.74, 6) is -1.64. The van der Waals surface area contributed by atoms with E-state index in [1.807, 2.05) is 13.8 Å². The van der Waals surface area contributed by atoms with Gasteiger partial charge in [0.25, 0.3) is 0 Å². The maximum Gasteiger partial charge on any atom is 0.242 e. The first-order chi connectivity index (χ1) is 17.0. The van der Waals surface area contributed by atoms with Crippen LogP contribution in [0.25, 0.3) is 0 Å². The molecule has 0 bridgehead atoms. The van der Waals surface area contributed by atoms with Crippen molar-refractivity contribution in [1.82, 2.24) is 14.9 Å². The van der Waals surface area contributed by atoms with Gasteiger partial charge in [-0.15, -0.1) is 0 Å². The van der Waals surface area contributed by atoms with Crippen molar-refractivity contribution in [2.24, 2.45) is 5.92 Å². The van der Waals surface area contributed by atoms with E-state index in [2.05, 4.69) is 10.6 Å². The normalized spacial score (nSPS) is 17.5. The summed E-state index contributed by atoms with van der Waals surface area (Å²) in [7, 11) is -3.86. The van der Waals surface area contributed by atoms with Gasteiger partial charge >= 0.3 is 0 Å². The molecule has 2 unspecified atom stereocenters. The molecule has 9 nitrogen and oxygen atoms in total. The monoisotopic (exact) mass is 520 g/mol. The highest BCUT2D eigenvalue weighted by Gasteiger charge is 2.38. The smallest absolute Gasteiger partial charge is 0.242 e. The molecule has 2 heterocycles. The van der Waals surface area contributed by atoms with Crippen LogP contribution in [0.5, 0.6) is 0 Å². The molecule has 2 aromatic rings. The fourth-order valence-electron chi connectivity index (χ4n) is 4.26. The predicted octanol–water partition coefficient (Wildman–Crippen LogP) is 1.99. The van der Waals surface area contributed by atoms with Crippen LogP contribution in [0.3, 0.4) is 0 Å². The Labute approximate surface area is 211 Å². The fourth-order valence-corrected chi connectivity index (χ4v) is 6.04. The van der Waals surface area contributed by atoms with Crippen LogP contribution in [0, 0.1) is 16.9 Å². The van der Waals surface area contributed by atoms with Gasteiger partial charge in [-0.2, -0.15) is 9.04 Å². The molecule has 1 saturated heterocycles. The molecule has 0 aliphatic carbocycles. The Bertz CT molecular complexity index is 1160. The predicted molar refractivity (Wildman–Crippen MR) is 132 cm³/mol. The highest BCUT2D eigenvalue weighted by molar-refractivity contribution is 7.88. The number of carbonyl (C=O) groups is 2. The number of sulfonamides is 1. The lowest BCUT2D eigenvalue weighted by Crippen LogP contribution is -2.56. The zero-order valence-corrected chi connectivity index (χ0v) is 21.3. The molecule has 1 fully saturated rings. The second kappa shape index (κ2) is 12.3. The lowest BCUT2D eigenvalue weighted by atomic mass is 10.0. The number of rotatable bonds is 10. The summed E-state index contributed by atoms with van der Waals surface area (Å²) in [6.07, 6.45) is 4.71. The average molecular weight is 521 g/mol. The Morgan fingerprint density at radius 1 is 1.17 bits per heavy atom. The molecule has 0 radical (unpaired) electrons. The van der Waals surface area contributed by atoms with E-state index >= 15 is 0 Å². The maximum absolute atomic E-state index is 13.3. The van der Waals surface area contributed by atoms with Gasteiger partial charge in [0.05, 0.1) is 5.75 Å². The van der Waals surface area contributed by atoms with Crippen molar-refractivity contribution in [3.05, 3.63) is 70.9 Å². The first-order valence-corrected chi connectivity index (χ1v) is 13.7. The van der Waals surface area contributed by atoms with E-state index in [4.69, 9.17) is 0 Å². The Morgan fingerprint density at radius 3 is 2.56 bits per heavy atom. The first kappa shape index (κ1) is 27.5. The molecule has 3 rings (SSSR count). The third-order valence-electron chi connectivity index (χ3n) is 6.02. The van der Waals surface area contributed by atoms with Crippen molar-refractivity contribution in [2.45, 2.75) is 63.9 Å². The summed E-state index contributed by atoms with van der Waals surface area (Å²) >= 11 is 0. The lowest BCUT2D eigenvalue weighted by molar-refractivity contribution is -0.605. The Kier molecular flexibility index (Phi) is 9.38. The zero-order chi connectivity index (χ0) is 26.3. The molecule has 0 spiro atoms. The molecular formula is C25H33FN4O5S. The Balaban J connectivity index is 1.70. The van der Waals surface area contributed by atoms with E-state index in [9.17, 15) is 27.6 Å². The van der Waals surface area contributed by atoms with Crippen molar-refractivity contribution in [3.63, 3.8) is 0 Å². The molecule has 2 atom stereocenters. The summed E-state index contributed by atoms with van der Waals surface area (Å²) in [5.41, 5.74) is 1.04. The molecule has 36 heavy (non-hydrogen) atoms. The van der Waals surface area contributed by atoms with Crippen LogP contribution in [0.1, 0.15) is 50.7 Å². The third kappa shape index (κ3) is 7.72. The molecule has 0 saturated carbocycles. The van der Waals surface area contributed by atoms with Gasteiger partial charge in [0.2, 0.25) is 21.8 Å². The highest BCUT2D eigenvalue weighted by atomic mass is 32.2. The molecule has 2 N–H and O–H groups in total. The number of amides is 2. The van der Waals surface area contributed by atoms with E-state index in [-0.39, 0.29) is 24.8 Å². The SMILES string of the molecule is CC(C)CC(NC(=O)C1CCCCN1S(=O)(=O)Cc1ccc(F)cc1)C(=O)NCc1ccc[n+]([O-])c1. The molecule has 11 heteroatoms. The molecular weight excluding hydrogens is 487 g/mol. The van der Waals surface area contributed by atoms with E-state index in [0.717, 1.165) is 0 Å². The van der Waals surface area contributed by atoms with Gasteiger partial charge in [-0.1, -0.05) is 32.4 Å². The van der Waals surface area contributed by atoms with E-state index in [1.54, 1.807) is 12.1 Å². The Morgan fingerprint density at radius 2 is 1.89 bits per heavy atom. The lowest BCUT2D eigenvalue weighted by Gasteiger charge is -2.34. The number of piperidine rings is 1. The van der Waals surface area contributed by atoms with E-state index in [1.165, 1.54) is 41.0 Å². The maximum atomic E-state index is 13.3. The standard InChI is InChI=1S/C25H33FN4O5S/c1-18(2)14-22(24(31)27-15-20-6-5-12-29(33)16-20)28-25(32)23-7-3-4-13-30(23)36(34,35)17-19-8-10-21(26)11-9-19/h5-6,8-12,16,18,22-23H,3-4,7,13-15,17H2,1-2H3,(H,27,31)(H,28,32). The summed E-state index contributed by atoms with van der Waals surface area (Å²) in [6.45, 7) is 4.16. The van der Waals surface area contributed by atoms with Crippen molar-refractivity contribution in [3.8, 4) is 0 Å². The van der Waals surface area contributed by atoms with Crippen LogP contribution in [0.15, 0.2) is 48.8 Å². The minimum atomic E-state index is -3.86. The number of hydrogen-bond acceptors (Lipinski definition) is 5. The van der Waals surface area contributed by atoms with Gasteiger partial charge in [0.15, 0.2) is 12.4 Å². The van der Waals surface area contributed by atoms with Crippen LogP contribution in [-0.4, -0.2) is 43.2 Å². The zero-order valence-electron chi connectivity index (χ0n) is 20.5. The number of pyridine rings is 1. The molecule has 196 valence electrons. The molecule has 2 amide bonds. The first-order valence-electron chi connectivity index (χ1n) is 12.0. The van der Waals surface area contributed by atoms with Crippen molar-refractivity contribution in [1.29, 1.82) is 0 Å². The average Bonchev–Trinajstić information content (AvgIpc) is 2.83. The molecule has 1 aliphatic rings. The topological polar surface area (TPSA) is 123 Å². The number of nitrogens with one attached hydrogen (secondary N) is 2. The van der Waals surface area contributed by atoms with Crippen molar-refractivity contribution >= 4 is 21.8 Å². The van der Waals surface area contributed by atoms with Gasteiger partial charge < -0.3 is 15.8 Å². The minimum absolute atomic E-state index is 0.0891. The highest BCUT2D eigenvalue weighted by Crippen LogP contribution is 2.24. The van der Waals surface area contributed by atoms with Crippen LogP contribution < -0.4 is 15.4 Å². The molecule has 1 aliphatic heterocycles. The number of hydrogen-bond donors (Lipinski definition) is 2. The molecule has 1 aromatic carbocycles. The van der Waals surface area contributed by atoms with E-state index in [0.29, 0.717) is 41.5 Å². The fraction of sp³-hybridized carbons (Fsp3) is 0.480. The second-order valence-corrected chi connectivity index (χ2v) is 11.4. The van der Waals surface area contributed by atoms with Gasteiger partial charge in [0, 0.05) is 24.7 Å². The van der Waals surface area contributed by atoms with Crippen LogP contribution in [0.2, 0.25) is 0 Å². The summed E-state index contributed by atoms with van der Waals surface area (Å²) < 4.78 is 41.4. The van der Waals surface area contributed by atoms with Gasteiger partial charge in [-0.25, -0.2) is 12.8 Å². The number of carbonyl (C=O) groups excluding carboxylic acids is 2.